The molecule has 9 heteroatoms. The zero-order valence-corrected chi connectivity index (χ0v) is 17.5. The Kier molecular flexibility index (Phi) is 6.58. The summed E-state index contributed by atoms with van der Waals surface area (Å²) in [5, 5.41) is 5.68. The number of alkyl halides is 3. The largest absolute Gasteiger partial charge is 0.457 e. The van der Waals surface area contributed by atoms with Crippen molar-refractivity contribution < 1.29 is 22.7 Å². The fraction of sp³-hybridized carbons (Fsp3) is 0.208. The van der Waals surface area contributed by atoms with Crippen molar-refractivity contribution in [3.05, 3.63) is 83.7 Å². The highest BCUT2D eigenvalue weighted by Crippen LogP contribution is 2.30. The smallest absolute Gasteiger partial charge is 0.416 e. The molecule has 1 aromatic heterocycles. The van der Waals surface area contributed by atoms with Crippen molar-refractivity contribution in [2.75, 3.05) is 18.4 Å². The minimum absolute atomic E-state index is 0.113. The Morgan fingerprint density at radius 1 is 1.06 bits per heavy atom. The third-order valence-electron chi connectivity index (χ3n) is 4.90. The molecule has 0 unspecified atom stereocenters. The monoisotopic (exact) mass is 454 g/mol. The van der Waals surface area contributed by atoms with Crippen LogP contribution in [-0.2, 0) is 17.4 Å². The molecule has 0 atom stereocenters. The summed E-state index contributed by atoms with van der Waals surface area (Å²) in [5.41, 5.74) is 0.872. The molecule has 2 aromatic carbocycles. The molecule has 4 rings (SSSR count). The SMILES string of the molecule is O=C(CCc1cccc(Oc2ccnc(C3=NCCN3)c2)c1)Nc1cccc(C(F)(F)F)c1. The zero-order chi connectivity index (χ0) is 23.3. The van der Waals surface area contributed by atoms with Crippen LogP contribution >= 0.6 is 0 Å². The molecule has 1 amide bonds. The molecule has 0 fully saturated rings. The van der Waals surface area contributed by atoms with Gasteiger partial charge in [-0.2, -0.15) is 13.2 Å². The standard InChI is InChI=1S/C24H21F3N4O2/c25-24(26,27)17-4-2-5-18(14-17)31-22(32)8-7-16-3-1-6-19(13-16)33-20-9-10-28-21(15-20)23-29-11-12-30-23/h1-6,9-10,13-15H,7-8,11-12H2,(H,29,30)(H,31,32). The number of hydrogen-bond acceptors (Lipinski definition) is 5. The van der Waals surface area contributed by atoms with E-state index in [-0.39, 0.29) is 18.0 Å². The number of aromatic nitrogens is 1. The van der Waals surface area contributed by atoms with E-state index in [2.05, 4.69) is 20.6 Å². The molecule has 170 valence electrons. The van der Waals surface area contributed by atoms with Crippen molar-refractivity contribution in [3.63, 3.8) is 0 Å². The molecule has 0 saturated heterocycles. The van der Waals surface area contributed by atoms with Crippen molar-refractivity contribution in [3.8, 4) is 11.5 Å². The number of halogens is 3. The van der Waals surface area contributed by atoms with Gasteiger partial charge in [-0.05, 0) is 48.4 Å². The van der Waals surface area contributed by atoms with E-state index in [4.69, 9.17) is 4.74 Å². The van der Waals surface area contributed by atoms with Gasteiger partial charge in [0.25, 0.3) is 0 Å². The summed E-state index contributed by atoms with van der Waals surface area (Å²) < 4.78 is 44.4. The number of amidine groups is 1. The van der Waals surface area contributed by atoms with E-state index in [9.17, 15) is 18.0 Å². The van der Waals surface area contributed by atoms with Crippen LogP contribution in [0, 0.1) is 0 Å². The summed E-state index contributed by atoms with van der Waals surface area (Å²) in [6.07, 6.45) is -2.29. The molecular weight excluding hydrogens is 433 g/mol. The second-order valence-corrected chi connectivity index (χ2v) is 7.41. The van der Waals surface area contributed by atoms with Crippen molar-refractivity contribution in [2.24, 2.45) is 4.99 Å². The van der Waals surface area contributed by atoms with Gasteiger partial charge in [0.05, 0.1) is 12.1 Å². The molecular formula is C24H21F3N4O2. The van der Waals surface area contributed by atoms with Crippen LogP contribution in [0.5, 0.6) is 11.5 Å². The van der Waals surface area contributed by atoms with Gasteiger partial charge in [-0.15, -0.1) is 0 Å². The van der Waals surface area contributed by atoms with Crippen LogP contribution in [0.2, 0.25) is 0 Å². The summed E-state index contributed by atoms with van der Waals surface area (Å²) in [4.78, 5) is 20.9. The molecule has 0 bridgehead atoms. The number of carbonyl (C=O) groups excluding carboxylic acids is 1. The number of anilines is 1. The maximum Gasteiger partial charge on any atom is 0.416 e. The first-order chi connectivity index (χ1) is 15.9. The summed E-state index contributed by atoms with van der Waals surface area (Å²) in [7, 11) is 0. The van der Waals surface area contributed by atoms with Gasteiger partial charge in [0.1, 0.15) is 23.0 Å². The summed E-state index contributed by atoms with van der Waals surface area (Å²) >= 11 is 0. The highest BCUT2D eigenvalue weighted by atomic mass is 19.4. The third kappa shape index (κ3) is 6.09. The Bertz CT molecular complexity index is 1180. The Morgan fingerprint density at radius 3 is 2.67 bits per heavy atom. The Balaban J connectivity index is 1.35. The van der Waals surface area contributed by atoms with Gasteiger partial charge in [0, 0.05) is 30.9 Å². The fourth-order valence-electron chi connectivity index (χ4n) is 3.33. The van der Waals surface area contributed by atoms with E-state index in [1.807, 2.05) is 18.2 Å². The van der Waals surface area contributed by atoms with Gasteiger partial charge >= 0.3 is 6.18 Å². The van der Waals surface area contributed by atoms with Crippen molar-refractivity contribution >= 4 is 17.4 Å². The molecule has 0 aliphatic carbocycles. The maximum atomic E-state index is 12.8. The number of hydrogen-bond donors (Lipinski definition) is 2. The highest BCUT2D eigenvalue weighted by molar-refractivity contribution is 5.98. The predicted octanol–water partition coefficient (Wildman–Crippen LogP) is 4.81. The fourth-order valence-corrected chi connectivity index (χ4v) is 3.33. The van der Waals surface area contributed by atoms with Crippen LogP contribution in [0.1, 0.15) is 23.2 Å². The first-order valence-electron chi connectivity index (χ1n) is 10.4. The number of amides is 1. The molecule has 3 aromatic rings. The quantitative estimate of drug-likeness (QED) is 0.537. The van der Waals surface area contributed by atoms with E-state index in [1.54, 1.807) is 24.4 Å². The van der Waals surface area contributed by atoms with Crippen LogP contribution in [0.15, 0.2) is 71.9 Å². The van der Waals surface area contributed by atoms with Crippen LogP contribution in [0.3, 0.4) is 0 Å². The first-order valence-corrected chi connectivity index (χ1v) is 10.4. The molecule has 2 N–H and O–H groups in total. The van der Waals surface area contributed by atoms with Crippen LogP contribution in [0.4, 0.5) is 18.9 Å². The van der Waals surface area contributed by atoms with Crippen LogP contribution < -0.4 is 15.4 Å². The molecule has 1 aliphatic heterocycles. The van der Waals surface area contributed by atoms with Crippen LogP contribution in [-0.4, -0.2) is 29.8 Å². The second-order valence-electron chi connectivity index (χ2n) is 7.41. The number of aryl methyl sites for hydroxylation is 1. The lowest BCUT2D eigenvalue weighted by atomic mass is 10.1. The number of nitrogens with zero attached hydrogens (tertiary/aromatic N) is 2. The molecule has 33 heavy (non-hydrogen) atoms. The van der Waals surface area contributed by atoms with Gasteiger partial charge in [-0.1, -0.05) is 18.2 Å². The average molecular weight is 454 g/mol. The highest BCUT2D eigenvalue weighted by Gasteiger charge is 2.30. The number of carbonyl (C=O) groups is 1. The predicted molar refractivity (Wildman–Crippen MR) is 119 cm³/mol. The first kappa shape index (κ1) is 22.3. The third-order valence-corrected chi connectivity index (χ3v) is 4.90. The lowest BCUT2D eigenvalue weighted by molar-refractivity contribution is -0.137. The lowest BCUT2D eigenvalue weighted by Gasteiger charge is -2.11. The number of ether oxygens (including phenoxy) is 1. The number of nitrogens with one attached hydrogen (secondary N) is 2. The molecule has 2 heterocycles. The number of rotatable bonds is 7. The van der Waals surface area contributed by atoms with Gasteiger partial charge in [0.15, 0.2) is 0 Å². The Morgan fingerprint density at radius 2 is 1.88 bits per heavy atom. The van der Waals surface area contributed by atoms with Crippen molar-refractivity contribution in [2.45, 2.75) is 19.0 Å². The van der Waals surface area contributed by atoms with Gasteiger partial charge in [0.2, 0.25) is 5.91 Å². The van der Waals surface area contributed by atoms with E-state index in [0.29, 0.717) is 30.2 Å². The summed E-state index contributed by atoms with van der Waals surface area (Å²) in [6, 6.07) is 15.4. The maximum absolute atomic E-state index is 12.8. The second kappa shape index (κ2) is 9.72. The average Bonchev–Trinajstić information content (AvgIpc) is 3.33. The molecule has 0 spiro atoms. The summed E-state index contributed by atoms with van der Waals surface area (Å²) in [6.45, 7) is 1.50. The normalized spacial score (nSPS) is 13.2. The number of aliphatic imine (C=N–C) groups is 1. The Hall–Kier alpha value is -3.88. The number of pyridine rings is 1. The van der Waals surface area contributed by atoms with E-state index < -0.39 is 11.7 Å². The minimum atomic E-state index is -4.46. The lowest BCUT2D eigenvalue weighted by Crippen LogP contribution is -2.20. The van der Waals surface area contributed by atoms with E-state index in [1.165, 1.54) is 12.1 Å². The van der Waals surface area contributed by atoms with Gasteiger partial charge in [-0.25, -0.2) is 0 Å². The molecule has 0 radical (unpaired) electrons. The molecule has 0 saturated carbocycles. The van der Waals surface area contributed by atoms with Crippen molar-refractivity contribution in [1.29, 1.82) is 0 Å². The van der Waals surface area contributed by atoms with Crippen molar-refractivity contribution in [1.82, 2.24) is 10.3 Å². The van der Waals surface area contributed by atoms with E-state index >= 15 is 0 Å². The van der Waals surface area contributed by atoms with Crippen LogP contribution in [0.25, 0.3) is 0 Å². The summed E-state index contributed by atoms with van der Waals surface area (Å²) in [5.74, 6) is 1.57. The number of benzene rings is 2. The topological polar surface area (TPSA) is 75.6 Å². The van der Waals surface area contributed by atoms with Gasteiger partial charge in [-0.3, -0.25) is 14.8 Å². The minimum Gasteiger partial charge on any atom is -0.457 e. The van der Waals surface area contributed by atoms with Gasteiger partial charge < -0.3 is 15.4 Å². The molecule has 1 aliphatic rings. The molecule has 6 nitrogen and oxygen atoms in total. The van der Waals surface area contributed by atoms with E-state index in [0.717, 1.165) is 30.1 Å². The Labute approximate surface area is 188 Å². The zero-order valence-electron chi connectivity index (χ0n) is 17.5.